The standard InChI is InChI=1S/C4H6.Y/c1-3-4-2;/h3-4H,1-2H2;. The second kappa shape index (κ2) is 8.82. The van der Waals surface area contributed by atoms with E-state index in [1.54, 1.807) is 12.2 Å². The first-order valence-electron chi connectivity index (χ1n) is 1.15. The van der Waals surface area contributed by atoms with Crippen LogP contribution in [0.15, 0.2) is 25.3 Å². The Morgan fingerprint density at radius 3 is 1.20 bits per heavy atom. The molecular formula is C4H6Y. The van der Waals surface area contributed by atoms with Crippen LogP contribution in [0.2, 0.25) is 0 Å². The van der Waals surface area contributed by atoms with E-state index in [0.717, 1.165) is 0 Å². The quantitative estimate of drug-likeness (QED) is 0.486. The predicted octanol–water partition coefficient (Wildman–Crippen LogP) is 1.36. The summed E-state index contributed by atoms with van der Waals surface area (Å²) < 4.78 is 0. The first-order valence-corrected chi connectivity index (χ1v) is 1.15. The smallest absolute Gasteiger partial charge is 0 e. The van der Waals surface area contributed by atoms with Gasteiger partial charge in [0.15, 0.2) is 0 Å². The summed E-state index contributed by atoms with van der Waals surface area (Å²) >= 11 is 0. The van der Waals surface area contributed by atoms with Crippen LogP contribution in [0.4, 0.5) is 0 Å². The predicted molar refractivity (Wildman–Crippen MR) is 20.4 cm³/mol. The summed E-state index contributed by atoms with van der Waals surface area (Å²) in [6.45, 7) is 6.72. The fraction of sp³-hybridized carbons (Fsp3) is 0. The molecule has 0 rings (SSSR count). The van der Waals surface area contributed by atoms with Gasteiger partial charge < -0.3 is 0 Å². The zero-order valence-electron chi connectivity index (χ0n) is 3.15. The molecular weight excluding hydrogens is 137 g/mol. The van der Waals surface area contributed by atoms with Crippen molar-refractivity contribution in [3.05, 3.63) is 25.3 Å². The van der Waals surface area contributed by atoms with Gasteiger partial charge in [-0.05, 0) is 0 Å². The van der Waals surface area contributed by atoms with Gasteiger partial charge in [-0.2, -0.15) is 0 Å². The molecule has 5 heavy (non-hydrogen) atoms. The first kappa shape index (κ1) is 9.13. The molecule has 0 atom stereocenters. The number of hydrogen-bond donors (Lipinski definition) is 0. The molecule has 0 nitrogen and oxygen atoms in total. The maximum Gasteiger partial charge on any atom is 0 e. The summed E-state index contributed by atoms with van der Waals surface area (Å²) in [4.78, 5) is 0. The van der Waals surface area contributed by atoms with Gasteiger partial charge in [-0.1, -0.05) is 25.3 Å². The summed E-state index contributed by atoms with van der Waals surface area (Å²) in [7, 11) is 0. The van der Waals surface area contributed by atoms with Crippen molar-refractivity contribution in [1.82, 2.24) is 0 Å². The van der Waals surface area contributed by atoms with Crippen molar-refractivity contribution in [2.24, 2.45) is 0 Å². The first-order chi connectivity index (χ1) is 1.91. The van der Waals surface area contributed by atoms with E-state index in [1.807, 2.05) is 0 Å². The Morgan fingerprint density at radius 1 is 1.00 bits per heavy atom. The van der Waals surface area contributed by atoms with Crippen LogP contribution in [-0.4, -0.2) is 0 Å². The molecule has 0 aromatic carbocycles. The van der Waals surface area contributed by atoms with E-state index in [9.17, 15) is 0 Å². The van der Waals surface area contributed by atoms with Crippen LogP contribution >= 0.6 is 0 Å². The van der Waals surface area contributed by atoms with E-state index < -0.39 is 0 Å². The Labute approximate surface area is 57.8 Å². The maximum atomic E-state index is 3.36. The third-order valence-corrected chi connectivity index (χ3v) is 0.167. The van der Waals surface area contributed by atoms with Crippen molar-refractivity contribution in [2.75, 3.05) is 0 Å². The maximum absolute atomic E-state index is 3.36. The molecule has 1 heteroatoms. The van der Waals surface area contributed by atoms with Crippen LogP contribution in [0.5, 0.6) is 0 Å². The summed E-state index contributed by atoms with van der Waals surface area (Å²) in [5, 5.41) is 0. The molecule has 0 fully saturated rings. The Bertz CT molecular complexity index is 24.6. The van der Waals surface area contributed by atoms with Gasteiger partial charge >= 0.3 is 0 Å². The molecule has 0 aromatic rings. The Morgan fingerprint density at radius 2 is 1.20 bits per heavy atom. The monoisotopic (exact) mass is 143 g/mol. The SMILES string of the molecule is C=CC=C.[Y]. The fourth-order valence-electron chi connectivity index (χ4n) is 0. The van der Waals surface area contributed by atoms with Crippen molar-refractivity contribution in [1.29, 1.82) is 0 Å². The molecule has 1 radical (unpaired) electrons. The van der Waals surface area contributed by atoms with Crippen LogP contribution in [0.25, 0.3) is 0 Å². The Hall–Kier alpha value is 0.584. The molecule has 0 aliphatic heterocycles. The zero-order valence-corrected chi connectivity index (χ0v) is 5.98. The molecule has 0 N–H and O–H groups in total. The average Bonchev–Trinajstić information content (AvgIpc) is 1.37. The molecule has 0 unspecified atom stereocenters. The van der Waals surface area contributed by atoms with Crippen LogP contribution in [-0.2, 0) is 32.7 Å². The second-order valence-corrected chi connectivity index (χ2v) is 0.471. The number of rotatable bonds is 1. The minimum absolute atomic E-state index is 0. The topological polar surface area (TPSA) is 0 Å². The van der Waals surface area contributed by atoms with Crippen LogP contribution in [0.3, 0.4) is 0 Å². The van der Waals surface area contributed by atoms with E-state index in [1.165, 1.54) is 0 Å². The normalized spacial score (nSPS) is 4.00. The van der Waals surface area contributed by atoms with E-state index in [4.69, 9.17) is 0 Å². The van der Waals surface area contributed by atoms with Crippen LogP contribution < -0.4 is 0 Å². The van der Waals surface area contributed by atoms with Crippen molar-refractivity contribution in [3.8, 4) is 0 Å². The average molecular weight is 143 g/mol. The number of hydrogen-bond acceptors (Lipinski definition) is 0. The van der Waals surface area contributed by atoms with Crippen molar-refractivity contribution < 1.29 is 32.7 Å². The second-order valence-electron chi connectivity index (χ2n) is 0.471. The summed E-state index contributed by atoms with van der Waals surface area (Å²) in [6, 6.07) is 0. The minimum atomic E-state index is 0. The van der Waals surface area contributed by atoms with Crippen LogP contribution in [0, 0.1) is 0 Å². The number of allylic oxidation sites excluding steroid dienone is 2. The molecule has 0 heterocycles. The van der Waals surface area contributed by atoms with Crippen molar-refractivity contribution in [2.45, 2.75) is 0 Å². The molecule has 0 aliphatic carbocycles. The van der Waals surface area contributed by atoms with Gasteiger partial charge in [0.1, 0.15) is 0 Å². The molecule has 25 valence electrons. The van der Waals surface area contributed by atoms with Gasteiger partial charge in [-0.3, -0.25) is 0 Å². The van der Waals surface area contributed by atoms with Gasteiger partial charge in [0.25, 0.3) is 0 Å². The third kappa shape index (κ3) is 12.2. The van der Waals surface area contributed by atoms with E-state index in [0.29, 0.717) is 0 Å². The Kier molecular flexibility index (Phi) is 16.1. The van der Waals surface area contributed by atoms with Gasteiger partial charge in [-0.15, -0.1) is 0 Å². The third-order valence-electron chi connectivity index (χ3n) is 0.167. The summed E-state index contributed by atoms with van der Waals surface area (Å²) in [5.41, 5.74) is 0. The molecule has 0 amide bonds. The molecule has 0 saturated heterocycles. The van der Waals surface area contributed by atoms with Crippen molar-refractivity contribution in [3.63, 3.8) is 0 Å². The minimum Gasteiger partial charge on any atom is -0.0991 e. The zero-order chi connectivity index (χ0) is 3.41. The molecule has 0 saturated carbocycles. The van der Waals surface area contributed by atoms with E-state index in [-0.39, 0.29) is 32.7 Å². The van der Waals surface area contributed by atoms with Gasteiger partial charge in [0.05, 0.1) is 0 Å². The van der Waals surface area contributed by atoms with Gasteiger partial charge in [-0.25, -0.2) is 0 Å². The molecule has 0 bridgehead atoms. The molecule has 0 aliphatic rings. The van der Waals surface area contributed by atoms with Crippen molar-refractivity contribution >= 4 is 0 Å². The summed E-state index contributed by atoms with van der Waals surface area (Å²) in [6.07, 6.45) is 3.28. The fourth-order valence-corrected chi connectivity index (χ4v) is 0. The molecule has 0 aromatic heterocycles. The molecule has 0 spiro atoms. The van der Waals surface area contributed by atoms with E-state index in [2.05, 4.69) is 13.2 Å². The van der Waals surface area contributed by atoms with Crippen LogP contribution in [0.1, 0.15) is 0 Å². The Balaban J connectivity index is 0. The van der Waals surface area contributed by atoms with E-state index >= 15 is 0 Å². The van der Waals surface area contributed by atoms with Gasteiger partial charge in [0.2, 0.25) is 0 Å². The van der Waals surface area contributed by atoms with Gasteiger partial charge in [0, 0.05) is 32.7 Å². The summed E-state index contributed by atoms with van der Waals surface area (Å²) in [5.74, 6) is 0. The largest absolute Gasteiger partial charge is 0.0991 e.